The van der Waals surface area contributed by atoms with Gasteiger partial charge in [-0.1, -0.05) is 25.7 Å². The van der Waals surface area contributed by atoms with Crippen molar-refractivity contribution in [2.24, 2.45) is 11.7 Å². The first kappa shape index (κ1) is 10.4. The summed E-state index contributed by atoms with van der Waals surface area (Å²) in [5.41, 5.74) is 6.34. The Morgan fingerprint density at radius 2 is 2.07 bits per heavy atom. The van der Waals surface area contributed by atoms with Crippen molar-refractivity contribution in [1.29, 1.82) is 0 Å². The van der Waals surface area contributed by atoms with Crippen LogP contribution in [0.4, 0.5) is 0 Å². The van der Waals surface area contributed by atoms with E-state index >= 15 is 0 Å². The molecule has 2 N–H and O–H groups in total. The molecule has 1 aliphatic heterocycles. The van der Waals surface area contributed by atoms with Gasteiger partial charge >= 0.3 is 0 Å². The largest absolute Gasteiger partial charge is 0.377 e. The molecule has 0 aromatic rings. The Balaban J connectivity index is 1.78. The zero-order chi connectivity index (χ0) is 10.0. The van der Waals surface area contributed by atoms with E-state index in [1.807, 2.05) is 0 Å². The molecule has 2 fully saturated rings. The van der Waals surface area contributed by atoms with Crippen LogP contribution in [0.3, 0.4) is 0 Å². The lowest BCUT2D eigenvalue weighted by Crippen LogP contribution is -2.46. The summed E-state index contributed by atoms with van der Waals surface area (Å²) in [6, 6.07) is 0. The van der Waals surface area contributed by atoms with E-state index in [1.165, 1.54) is 38.5 Å². The van der Waals surface area contributed by atoms with Gasteiger partial charge in [-0.2, -0.15) is 0 Å². The topological polar surface area (TPSA) is 35.2 Å². The summed E-state index contributed by atoms with van der Waals surface area (Å²) < 4.78 is 5.56. The highest BCUT2D eigenvalue weighted by Gasteiger charge is 2.37. The van der Waals surface area contributed by atoms with Crippen molar-refractivity contribution in [2.75, 3.05) is 6.61 Å². The van der Waals surface area contributed by atoms with Gasteiger partial charge < -0.3 is 10.5 Å². The minimum absolute atomic E-state index is 0.0113. The fourth-order valence-electron chi connectivity index (χ4n) is 2.90. The van der Waals surface area contributed by atoms with Crippen molar-refractivity contribution in [3.63, 3.8) is 0 Å². The average molecular weight is 197 g/mol. The first-order valence-corrected chi connectivity index (χ1v) is 6.11. The zero-order valence-electron chi connectivity index (χ0n) is 9.30. The summed E-state index contributed by atoms with van der Waals surface area (Å²) in [6.45, 7) is 2.99. The van der Waals surface area contributed by atoms with E-state index in [-0.39, 0.29) is 11.6 Å². The molecule has 2 nitrogen and oxygen atoms in total. The molecule has 82 valence electrons. The smallest absolute Gasteiger partial charge is 0.0727 e. The second kappa shape index (κ2) is 4.19. The number of rotatable bonds is 3. The van der Waals surface area contributed by atoms with Crippen LogP contribution in [0.15, 0.2) is 0 Å². The number of hydrogen-bond donors (Lipinski definition) is 1. The summed E-state index contributed by atoms with van der Waals surface area (Å²) in [6.07, 6.45) is 9.56. The summed E-state index contributed by atoms with van der Waals surface area (Å²) in [7, 11) is 0. The Bertz CT molecular complexity index is 189. The van der Waals surface area contributed by atoms with Crippen LogP contribution >= 0.6 is 0 Å². The molecule has 2 atom stereocenters. The molecule has 0 radical (unpaired) electrons. The van der Waals surface area contributed by atoms with E-state index in [9.17, 15) is 0 Å². The Hall–Kier alpha value is -0.0800. The van der Waals surface area contributed by atoms with Crippen LogP contribution in [0.2, 0.25) is 0 Å². The third-order valence-corrected chi connectivity index (χ3v) is 4.24. The molecule has 2 unspecified atom stereocenters. The molecule has 0 aromatic carbocycles. The van der Waals surface area contributed by atoms with Gasteiger partial charge in [-0.3, -0.25) is 0 Å². The monoisotopic (exact) mass is 197 g/mol. The first-order chi connectivity index (χ1) is 6.71. The fraction of sp³-hybridized carbons (Fsp3) is 1.00. The maximum absolute atomic E-state index is 6.36. The van der Waals surface area contributed by atoms with Crippen molar-refractivity contribution in [3.8, 4) is 0 Å². The van der Waals surface area contributed by atoms with Crippen LogP contribution in [0.1, 0.15) is 51.9 Å². The summed E-state index contributed by atoms with van der Waals surface area (Å²) >= 11 is 0. The van der Waals surface area contributed by atoms with Gasteiger partial charge in [-0.05, 0) is 32.1 Å². The number of nitrogens with two attached hydrogens (primary N) is 1. The number of hydrogen-bond acceptors (Lipinski definition) is 2. The fourth-order valence-corrected chi connectivity index (χ4v) is 2.90. The van der Waals surface area contributed by atoms with Gasteiger partial charge in [0, 0.05) is 12.1 Å². The molecule has 0 bridgehead atoms. The molecular weight excluding hydrogens is 174 g/mol. The standard InChI is InChI=1S/C12H23NO/c1-10-12(13,8-9-14-10)7-6-11-4-2-3-5-11/h10-11H,2-9,13H2,1H3. The lowest BCUT2D eigenvalue weighted by atomic mass is 9.85. The van der Waals surface area contributed by atoms with E-state index in [0.717, 1.165) is 18.9 Å². The van der Waals surface area contributed by atoms with Crippen molar-refractivity contribution in [1.82, 2.24) is 0 Å². The summed E-state index contributed by atoms with van der Waals surface area (Å²) in [5.74, 6) is 0.961. The lowest BCUT2D eigenvalue weighted by molar-refractivity contribution is 0.0907. The van der Waals surface area contributed by atoms with Crippen molar-refractivity contribution < 1.29 is 4.74 Å². The Labute approximate surface area is 87.2 Å². The minimum atomic E-state index is -0.0113. The first-order valence-electron chi connectivity index (χ1n) is 6.11. The van der Waals surface area contributed by atoms with Gasteiger partial charge in [0.15, 0.2) is 0 Å². The van der Waals surface area contributed by atoms with E-state index in [2.05, 4.69) is 6.92 Å². The maximum Gasteiger partial charge on any atom is 0.0727 e. The van der Waals surface area contributed by atoms with E-state index in [0.29, 0.717) is 0 Å². The predicted octanol–water partition coefficient (Wildman–Crippen LogP) is 2.46. The van der Waals surface area contributed by atoms with Crippen LogP contribution in [-0.2, 0) is 4.74 Å². The van der Waals surface area contributed by atoms with Gasteiger partial charge in [-0.25, -0.2) is 0 Å². The molecule has 14 heavy (non-hydrogen) atoms. The zero-order valence-corrected chi connectivity index (χ0v) is 9.30. The molecule has 0 aromatic heterocycles. The van der Waals surface area contributed by atoms with Crippen LogP contribution in [-0.4, -0.2) is 18.2 Å². The van der Waals surface area contributed by atoms with Crippen molar-refractivity contribution in [2.45, 2.75) is 63.5 Å². The van der Waals surface area contributed by atoms with Gasteiger partial charge in [0.05, 0.1) is 6.10 Å². The summed E-state index contributed by atoms with van der Waals surface area (Å²) in [4.78, 5) is 0. The number of ether oxygens (including phenoxy) is 1. The summed E-state index contributed by atoms with van der Waals surface area (Å²) in [5, 5.41) is 0. The van der Waals surface area contributed by atoms with Gasteiger partial charge in [0.1, 0.15) is 0 Å². The molecule has 1 heterocycles. The Morgan fingerprint density at radius 1 is 1.36 bits per heavy atom. The molecule has 1 saturated heterocycles. The second-order valence-electron chi connectivity index (χ2n) is 5.19. The van der Waals surface area contributed by atoms with Crippen LogP contribution in [0, 0.1) is 5.92 Å². The van der Waals surface area contributed by atoms with Crippen molar-refractivity contribution in [3.05, 3.63) is 0 Å². The molecule has 2 rings (SSSR count). The van der Waals surface area contributed by atoms with Gasteiger partial charge in [0.2, 0.25) is 0 Å². The molecule has 1 saturated carbocycles. The van der Waals surface area contributed by atoms with Crippen LogP contribution < -0.4 is 5.73 Å². The molecule has 2 heteroatoms. The third kappa shape index (κ3) is 2.12. The van der Waals surface area contributed by atoms with Gasteiger partial charge in [-0.15, -0.1) is 0 Å². The molecule has 2 aliphatic rings. The molecule has 0 spiro atoms. The second-order valence-corrected chi connectivity index (χ2v) is 5.19. The Kier molecular flexibility index (Phi) is 3.13. The van der Waals surface area contributed by atoms with Crippen LogP contribution in [0.5, 0.6) is 0 Å². The van der Waals surface area contributed by atoms with E-state index in [1.54, 1.807) is 0 Å². The SMILES string of the molecule is CC1OCCC1(N)CCC1CCCC1. The highest BCUT2D eigenvalue weighted by molar-refractivity contribution is 4.94. The average Bonchev–Trinajstić information content (AvgIpc) is 2.75. The highest BCUT2D eigenvalue weighted by Crippen LogP contribution is 2.34. The highest BCUT2D eigenvalue weighted by atomic mass is 16.5. The minimum Gasteiger partial charge on any atom is -0.377 e. The molecule has 0 amide bonds. The van der Waals surface area contributed by atoms with Crippen molar-refractivity contribution >= 4 is 0 Å². The molecular formula is C12H23NO. The molecule has 1 aliphatic carbocycles. The quantitative estimate of drug-likeness (QED) is 0.754. The van der Waals surface area contributed by atoms with E-state index < -0.39 is 0 Å². The third-order valence-electron chi connectivity index (χ3n) is 4.24. The normalized spacial score (nSPS) is 39.4. The Morgan fingerprint density at radius 3 is 2.64 bits per heavy atom. The maximum atomic E-state index is 6.36. The lowest BCUT2D eigenvalue weighted by Gasteiger charge is -2.28. The predicted molar refractivity (Wildman–Crippen MR) is 58.1 cm³/mol. The van der Waals surface area contributed by atoms with Crippen LogP contribution in [0.25, 0.3) is 0 Å². The van der Waals surface area contributed by atoms with Gasteiger partial charge in [0.25, 0.3) is 0 Å². The van der Waals surface area contributed by atoms with E-state index in [4.69, 9.17) is 10.5 Å².